The Morgan fingerprint density at radius 1 is 1.56 bits per heavy atom. The van der Waals surface area contributed by atoms with E-state index in [2.05, 4.69) is 15.9 Å². The fraction of sp³-hybridized carbons (Fsp3) is 0.417. The average Bonchev–Trinajstić information content (AvgIpc) is 2.68. The van der Waals surface area contributed by atoms with Gasteiger partial charge in [-0.3, -0.25) is 4.79 Å². The average molecular weight is 283 g/mol. The van der Waals surface area contributed by atoms with Crippen LogP contribution in [0.25, 0.3) is 0 Å². The number of likely N-dealkylation sites (tertiary alicyclic amines) is 1. The molecule has 1 aromatic rings. The van der Waals surface area contributed by atoms with Gasteiger partial charge in [-0.25, -0.2) is 0 Å². The number of halogens is 1. The summed E-state index contributed by atoms with van der Waals surface area (Å²) in [6.07, 6.45) is 0.902. The van der Waals surface area contributed by atoms with Gasteiger partial charge in [-0.05, 0) is 31.0 Å². The summed E-state index contributed by atoms with van der Waals surface area (Å²) in [6, 6.07) is 5.83. The van der Waals surface area contributed by atoms with Gasteiger partial charge in [0.05, 0.1) is 0 Å². The largest absolute Gasteiger partial charge is 0.337 e. The molecule has 16 heavy (non-hydrogen) atoms. The summed E-state index contributed by atoms with van der Waals surface area (Å²) in [5, 5.41) is 0. The number of aryl methyl sites for hydroxylation is 1. The van der Waals surface area contributed by atoms with Gasteiger partial charge in [0.15, 0.2) is 0 Å². The van der Waals surface area contributed by atoms with Crippen LogP contribution < -0.4 is 5.73 Å². The lowest BCUT2D eigenvalue weighted by Gasteiger charge is -2.16. The summed E-state index contributed by atoms with van der Waals surface area (Å²) in [5.74, 6) is 0.0775. The molecule has 1 aliphatic rings. The van der Waals surface area contributed by atoms with Gasteiger partial charge >= 0.3 is 0 Å². The van der Waals surface area contributed by atoms with Crippen LogP contribution in [-0.4, -0.2) is 29.9 Å². The monoisotopic (exact) mass is 282 g/mol. The molecule has 1 amide bonds. The highest BCUT2D eigenvalue weighted by atomic mass is 79.9. The van der Waals surface area contributed by atoms with E-state index in [0.717, 1.165) is 28.6 Å². The van der Waals surface area contributed by atoms with Gasteiger partial charge < -0.3 is 10.6 Å². The zero-order valence-electron chi connectivity index (χ0n) is 9.24. The fourth-order valence-electron chi connectivity index (χ4n) is 1.88. The Hall–Kier alpha value is -0.870. The molecule has 0 aliphatic carbocycles. The molecule has 2 N–H and O–H groups in total. The minimum absolute atomic E-state index is 0.0775. The number of rotatable bonds is 1. The van der Waals surface area contributed by atoms with E-state index >= 15 is 0 Å². The van der Waals surface area contributed by atoms with Gasteiger partial charge in [-0.2, -0.15) is 0 Å². The maximum Gasteiger partial charge on any atom is 0.253 e. The molecule has 0 aromatic heterocycles. The van der Waals surface area contributed by atoms with Crippen molar-refractivity contribution in [3.05, 3.63) is 33.8 Å². The van der Waals surface area contributed by atoms with Gasteiger partial charge in [-0.1, -0.05) is 22.0 Å². The maximum absolute atomic E-state index is 12.1. The molecule has 0 bridgehead atoms. The number of hydrogen-bond acceptors (Lipinski definition) is 2. The van der Waals surface area contributed by atoms with Crippen LogP contribution in [-0.2, 0) is 0 Å². The molecule has 1 heterocycles. The van der Waals surface area contributed by atoms with Crippen molar-refractivity contribution < 1.29 is 4.79 Å². The molecule has 1 aliphatic heterocycles. The lowest BCUT2D eigenvalue weighted by molar-refractivity contribution is 0.0791. The minimum atomic E-state index is 0.0775. The molecule has 0 radical (unpaired) electrons. The van der Waals surface area contributed by atoms with E-state index in [1.54, 1.807) is 0 Å². The van der Waals surface area contributed by atoms with E-state index in [9.17, 15) is 4.79 Å². The lowest BCUT2D eigenvalue weighted by Crippen LogP contribution is -2.31. The molecule has 2 rings (SSSR count). The molecule has 1 atom stereocenters. The summed E-state index contributed by atoms with van der Waals surface area (Å²) < 4.78 is 0.974. The zero-order valence-corrected chi connectivity index (χ0v) is 10.8. The quantitative estimate of drug-likeness (QED) is 0.856. The van der Waals surface area contributed by atoms with Crippen LogP contribution in [0.3, 0.4) is 0 Å². The van der Waals surface area contributed by atoms with Gasteiger partial charge in [0.1, 0.15) is 0 Å². The van der Waals surface area contributed by atoms with Crippen LogP contribution in [0, 0.1) is 6.92 Å². The third-order valence-electron chi connectivity index (χ3n) is 2.93. The molecule has 4 heteroatoms. The molecule has 3 nitrogen and oxygen atoms in total. The van der Waals surface area contributed by atoms with Crippen molar-refractivity contribution in [3.8, 4) is 0 Å². The van der Waals surface area contributed by atoms with E-state index in [1.165, 1.54) is 0 Å². The second-order valence-electron chi connectivity index (χ2n) is 4.26. The Bertz CT molecular complexity index is 419. The SMILES string of the molecule is Cc1ccc(C(=O)N2CC[C@@H](N)C2)cc1Br. The van der Waals surface area contributed by atoms with Gasteiger partial charge in [0.25, 0.3) is 5.91 Å². The molecule has 0 saturated carbocycles. The zero-order chi connectivity index (χ0) is 11.7. The second-order valence-corrected chi connectivity index (χ2v) is 5.12. The van der Waals surface area contributed by atoms with Crippen molar-refractivity contribution in [2.45, 2.75) is 19.4 Å². The van der Waals surface area contributed by atoms with E-state index in [0.29, 0.717) is 6.54 Å². The predicted octanol–water partition coefficient (Wildman–Crippen LogP) is 1.93. The van der Waals surface area contributed by atoms with Crippen LogP contribution >= 0.6 is 15.9 Å². The number of nitrogens with two attached hydrogens (primary N) is 1. The normalized spacial score (nSPS) is 20.2. The van der Waals surface area contributed by atoms with Gasteiger partial charge in [0.2, 0.25) is 0 Å². The van der Waals surface area contributed by atoms with E-state index in [1.807, 2.05) is 30.0 Å². The van der Waals surface area contributed by atoms with Crippen LogP contribution in [0.1, 0.15) is 22.3 Å². The number of carbonyl (C=O) groups excluding carboxylic acids is 1. The standard InChI is InChI=1S/C12H15BrN2O/c1-8-2-3-9(6-11(8)13)12(16)15-5-4-10(14)7-15/h2-3,6,10H,4-5,7,14H2,1H3/t10-/m1/s1. The molecular weight excluding hydrogens is 268 g/mol. The number of benzene rings is 1. The van der Waals surface area contributed by atoms with Crippen molar-refractivity contribution in [1.82, 2.24) is 4.90 Å². The van der Waals surface area contributed by atoms with Gasteiger partial charge in [-0.15, -0.1) is 0 Å². The van der Waals surface area contributed by atoms with E-state index in [-0.39, 0.29) is 11.9 Å². The number of carbonyl (C=O) groups is 1. The highest BCUT2D eigenvalue weighted by molar-refractivity contribution is 9.10. The topological polar surface area (TPSA) is 46.3 Å². The van der Waals surface area contributed by atoms with Crippen molar-refractivity contribution >= 4 is 21.8 Å². The first-order valence-corrected chi connectivity index (χ1v) is 6.18. The lowest BCUT2D eigenvalue weighted by atomic mass is 10.1. The first-order chi connectivity index (χ1) is 7.58. The Labute approximate surface area is 104 Å². The summed E-state index contributed by atoms with van der Waals surface area (Å²) in [5.41, 5.74) is 7.65. The highest BCUT2D eigenvalue weighted by Gasteiger charge is 2.24. The highest BCUT2D eigenvalue weighted by Crippen LogP contribution is 2.20. The van der Waals surface area contributed by atoms with Crippen molar-refractivity contribution in [1.29, 1.82) is 0 Å². The van der Waals surface area contributed by atoms with Crippen LogP contribution in [0.4, 0.5) is 0 Å². The molecule has 0 unspecified atom stereocenters. The van der Waals surface area contributed by atoms with Crippen LogP contribution in [0.5, 0.6) is 0 Å². The van der Waals surface area contributed by atoms with Crippen LogP contribution in [0.2, 0.25) is 0 Å². The first-order valence-electron chi connectivity index (χ1n) is 5.39. The smallest absolute Gasteiger partial charge is 0.253 e. The number of amides is 1. The van der Waals surface area contributed by atoms with Gasteiger partial charge in [0, 0.05) is 29.2 Å². The Morgan fingerprint density at radius 2 is 2.31 bits per heavy atom. The van der Waals surface area contributed by atoms with E-state index < -0.39 is 0 Å². The molecule has 1 fully saturated rings. The van der Waals surface area contributed by atoms with Crippen molar-refractivity contribution in [2.24, 2.45) is 5.73 Å². The molecule has 1 saturated heterocycles. The molecule has 1 aromatic carbocycles. The molecular formula is C12H15BrN2O. The fourth-order valence-corrected chi connectivity index (χ4v) is 2.26. The Balaban J connectivity index is 2.18. The summed E-state index contributed by atoms with van der Waals surface area (Å²) >= 11 is 3.44. The molecule has 0 spiro atoms. The van der Waals surface area contributed by atoms with Crippen LogP contribution in [0.15, 0.2) is 22.7 Å². The summed E-state index contributed by atoms with van der Waals surface area (Å²) in [4.78, 5) is 13.9. The van der Waals surface area contributed by atoms with Crippen molar-refractivity contribution in [3.63, 3.8) is 0 Å². The Morgan fingerprint density at radius 3 is 2.88 bits per heavy atom. The second kappa shape index (κ2) is 4.55. The predicted molar refractivity (Wildman–Crippen MR) is 67.4 cm³/mol. The maximum atomic E-state index is 12.1. The number of nitrogens with zero attached hydrogens (tertiary/aromatic N) is 1. The third-order valence-corrected chi connectivity index (χ3v) is 3.79. The van der Waals surface area contributed by atoms with E-state index in [4.69, 9.17) is 5.73 Å². The Kier molecular flexibility index (Phi) is 3.30. The molecule has 86 valence electrons. The first kappa shape index (κ1) is 11.6. The summed E-state index contributed by atoms with van der Waals surface area (Å²) in [6.45, 7) is 3.44. The number of hydrogen-bond donors (Lipinski definition) is 1. The summed E-state index contributed by atoms with van der Waals surface area (Å²) in [7, 11) is 0. The van der Waals surface area contributed by atoms with Crippen molar-refractivity contribution in [2.75, 3.05) is 13.1 Å². The minimum Gasteiger partial charge on any atom is -0.337 e. The third kappa shape index (κ3) is 2.28.